The maximum atomic E-state index is 12.5. The molecule has 1 saturated heterocycles. The molecule has 0 aromatic heterocycles. The Bertz CT molecular complexity index is 572. The molecule has 1 aliphatic rings. The highest BCUT2D eigenvalue weighted by atomic mass is 35.5. The van der Waals surface area contributed by atoms with Crippen molar-refractivity contribution >= 4 is 18.3 Å². The molecule has 0 saturated carbocycles. The lowest BCUT2D eigenvalue weighted by molar-refractivity contribution is -0.131. The van der Waals surface area contributed by atoms with Crippen molar-refractivity contribution < 1.29 is 19.0 Å². The van der Waals surface area contributed by atoms with E-state index in [2.05, 4.69) is 12.2 Å². The van der Waals surface area contributed by atoms with E-state index in [1.165, 1.54) is 12.8 Å². The van der Waals surface area contributed by atoms with Crippen LogP contribution in [0.1, 0.15) is 32.6 Å². The molecule has 1 unspecified atom stereocenters. The summed E-state index contributed by atoms with van der Waals surface area (Å²) in [6, 6.07) is 5.47. The lowest BCUT2D eigenvalue weighted by Gasteiger charge is -2.29. The molecule has 1 fully saturated rings. The quantitative estimate of drug-likeness (QED) is 0.595. The van der Waals surface area contributed by atoms with E-state index in [0.717, 1.165) is 19.5 Å². The molecule has 1 N–H and O–H groups in total. The predicted octanol–water partition coefficient (Wildman–Crippen LogP) is 3.38. The van der Waals surface area contributed by atoms with Crippen LogP contribution < -0.4 is 19.5 Å². The van der Waals surface area contributed by atoms with Gasteiger partial charge in [-0.2, -0.15) is 0 Å². The number of hydrogen-bond donors (Lipinski definition) is 1. The Kier molecular flexibility index (Phi) is 11.1. The lowest BCUT2D eigenvalue weighted by Crippen LogP contribution is -2.34. The molecule has 1 aliphatic heterocycles. The van der Waals surface area contributed by atoms with Crippen LogP contribution in [0.4, 0.5) is 0 Å². The van der Waals surface area contributed by atoms with E-state index in [1.54, 1.807) is 14.2 Å². The van der Waals surface area contributed by atoms with Crippen molar-refractivity contribution in [1.29, 1.82) is 0 Å². The summed E-state index contributed by atoms with van der Waals surface area (Å²) in [4.78, 5) is 14.3. The van der Waals surface area contributed by atoms with Gasteiger partial charge in [-0.3, -0.25) is 4.79 Å². The van der Waals surface area contributed by atoms with E-state index in [0.29, 0.717) is 48.7 Å². The second-order valence-corrected chi connectivity index (χ2v) is 7.33. The highest BCUT2D eigenvalue weighted by molar-refractivity contribution is 5.85. The van der Waals surface area contributed by atoms with Gasteiger partial charge in [0.15, 0.2) is 0 Å². The highest BCUT2D eigenvalue weighted by Gasteiger charge is 2.23. The fourth-order valence-corrected chi connectivity index (χ4v) is 3.49. The SMILES string of the molecule is COc1cc(OC)cc(OCCCN(C)C(=O)CC(C)C2CCNCC2)c1.Cl. The molecule has 2 rings (SSSR count). The number of nitrogens with zero attached hydrogens (tertiary/aromatic N) is 1. The van der Waals surface area contributed by atoms with Gasteiger partial charge in [0, 0.05) is 38.2 Å². The Hall–Kier alpha value is -1.66. The lowest BCUT2D eigenvalue weighted by atomic mass is 9.84. The molecule has 1 aromatic carbocycles. The van der Waals surface area contributed by atoms with Crippen molar-refractivity contribution in [2.75, 3.05) is 47.5 Å². The molecule has 7 heteroatoms. The normalized spacial score (nSPS) is 15.3. The maximum Gasteiger partial charge on any atom is 0.222 e. The zero-order valence-electron chi connectivity index (χ0n) is 17.5. The van der Waals surface area contributed by atoms with Crippen molar-refractivity contribution in [3.63, 3.8) is 0 Å². The third-order valence-electron chi connectivity index (χ3n) is 5.34. The zero-order valence-corrected chi connectivity index (χ0v) is 18.3. The molecule has 1 aromatic rings. The van der Waals surface area contributed by atoms with Gasteiger partial charge in [-0.15, -0.1) is 12.4 Å². The fourth-order valence-electron chi connectivity index (χ4n) is 3.49. The number of ether oxygens (including phenoxy) is 3. The van der Waals surface area contributed by atoms with E-state index in [1.807, 2.05) is 30.1 Å². The predicted molar refractivity (Wildman–Crippen MR) is 114 cm³/mol. The van der Waals surface area contributed by atoms with Crippen molar-refractivity contribution in [3.8, 4) is 17.2 Å². The Balaban J connectivity index is 0.00000392. The maximum absolute atomic E-state index is 12.5. The van der Waals surface area contributed by atoms with Crippen molar-refractivity contribution in [2.24, 2.45) is 11.8 Å². The standard InChI is InChI=1S/C21H34N2O4.ClH/c1-16(17-6-8-22-9-7-17)12-21(24)23(2)10-5-11-27-20-14-18(25-3)13-19(15-20)26-4;/h13-17,22H,5-12H2,1-4H3;1H. The molecular weight excluding hydrogens is 380 g/mol. The number of methoxy groups -OCH3 is 2. The average Bonchev–Trinajstić information content (AvgIpc) is 2.71. The number of halogens is 1. The summed E-state index contributed by atoms with van der Waals surface area (Å²) in [5.41, 5.74) is 0. The van der Waals surface area contributed by atoms with Crippen LogP contribution in [0.25, 0.3) is 0 Å². The summed E-state index contributed by atoms with van der Waals surface area (Å²) in [7, 11) is 5.11. The second kappa shape index (κ2) is 12.7. The Labute approximate surface area is 175 Å². The molecule has 0 aliphatic carbocycles. The summed E-state index contributed by atoms with van der Waals surface area (Å²) < 4.78 is 16.3. The number of hydrogen-bond acceptors (Lipinski definition) is 5. The minimum absolute atomic E-state index is 0. The molecule has 0 bridgehead atoms. The summed E-state index contributed by atoms with van der Waals surface area (Å²) in [6.07, 6.45) is 3.77. The molecule has 0 spiro atoms. The molecule has 0 radical (unpaired) electrons. The van der Waals surface area contributed by atoms with E-state index < -0.39 is 0 Å². The summed E-state index contributed by atoms with van der Waals surface area (Å²) >= 11 is 0. The van der Waals surface area contributed by atoms with E-state index in [4.69, 9.17) is 14.2 Å². The Morgan fingerprint density at radius 3 is 2.29 bits per heavy atom. The van der Waals surface area contributed by atoms with Crippen LogP contribution in [0, 0.1) is 11.8 Å². The number of benzene rings is 1. The van der Waals surface area contributed by atoms with E-state index in [-0.39, 0.29) is 18.3 Å². The first-order chi connectivity index (χ1) is 13.0. The zero-order chi connectivity index (χ0) is 19.6. The number of nitrogens with one attached hydrogen (secondary N) is 1. The first kappa shape index (κ1) is 24.4. The monoisotopic (exact) mass is 414 g/mol. The number of carbonyl (C=O) groups is 1. The minimum Gasteiger partial charge on any atom is -0.496 e. The van der Waals surface area contributed by atoms with Crippen molar-refractivity contribution in [2.45, 2.75) is 32.6 Å². The molecule has 1 amide bonds. The average molecular weight is 415 g/mol. The van der Waals surface area contributed by atoms with Gasteiger partial charge in [-0.25, -0.2) is 0 Å². The first-order valence-corrected chi connectivity index (χ1v) is 9.84. The topological polar surface area (TPSA) is 60.0 Å². The van der Waals surface area contributed by atoms with Gasteiger partial charge in [0.2, 0.25) is 5.91 Å². The molecule has 1 atom stereocenters. The largest absolute Gasteiger partial charge is 0.496 e. The van der Waals surface area contributed by atoms with Crippen LogP contribution in [-0.2, 0) is 4.79 Å². The number of carbonyl (C=O) groups excluding carboxylic acids is 1. The van der Waals surface area contributed by atoms with Crippen LogP contribution in [0.3, 0.4) is 0 Å². The van der Waals surface area contributed by atoms with E-state index >= 15 is 0 Å². The van der Waals surface area contributed by atoms with Gasteiger partial charge in [0.25, 0.3) is 0 Å². The molecule has 6 nitrogen and oxygen atoms in total. The smallest absolute Gasteiger partial charge is 0.222 e. The molecule has 160 valence electrons. The number of rotatable bonds is 10. The molecular formula is C21H35ClN2O4. The summed E-state index contributed by atoms with van der Waals surface area (Å²) in [6.45, 7) is 5.59. The van der Waals surface area contributed by atoms with Crippen LogP contribution >= 0.6 is 12.4 Å². The summed E-state index contributed by atoms with van der Waals surface area (Å²) in [5, 5.41) is 3.38. The number of amides is 1. The second-order valence-electron chi connectivity index (χ2n) is 7.33. The van der Waals surface area contributed by atoms with Gasteiger partial charge in [-0.05, 0) is 44.2 Å². The van der Waals surface area contributed by atoms with Gasteiger partial charge in [-0.1, -0.05) is 6.92 Å². The number of piperidine rings is 1. The molecule has 28 heavy (non-hydrogen) atoms. The highest BCUT2D eigenvalue weighted by Crippen LogP contribution is 2.27. The van der Waals surface area contributed by atoms with Gasteiger partial charge < -0.3 is 24.4 Å². The van der Waals surface area contributed by atoms with Crippen molar-refractivity contribution in [3.05, 3.63) is 18.2 Å². The Morgan fingerprint density at radius 2 is 1.71 bits per heavy atom. The third-order valence-corrected chi connectivity index (χ3v) is 5.34. The van der Waals surface area contributed by atoms with Gasteiger partial charge in [0.05, 0.1) is 20.8 Å². The first-order valence-electron chi connectivity index (χ1n) is 9.84. The Morgan fingerprint density at radius 1 is 1.14 bits per heavy atom. The van der Waals surface area contributed by atoms with Crippen LogP contribution in [0.2, 0.25) is 0 Å². The van der Waals surface area contributed by atoms with Gasteiger partial charge >= 0.3 is 0 Å². The summed E-state index contributed by atoms with van der Waals surface area (Å²) in [5.74, 6) is 3.44. The van der Waals surface area contributed by atoms with E-state index in [9.17, 15) is 4.79 Å². The van der Waals surface area contributed by atoms with Crippen LogP contribution in [0.15, 0.2) is 18.2 Å². The third kappa shape index (κ3) is 7.76. The van der Waals surface area contributed by atoms with Crippen LogP contribution in [0.5, 0.6) is 17.2 Å². The molecule has 1 heterocycles. The van der Waals surface area contributed by atoms with Crippen molar-refractivity contribution in [1.82, 2.24) is 10.2 Å². The fraction of sp³-hybridized carbons (Fsp3) is 0.667. The minimum atomic E-state index is 0. The van der Waals surface area contributed by atoms with Crippen LogP contribution in [-0.4, -0.2) is 58.3 Å². The van der Waals surface area contributed by atoms with Gasteiger partial charge in [0.1, 0.15) is 17.2 Å².